The summed E-state index contributed by atoms with van der Waals surface area (Å²) in [4.78, 5) is 8.92. The molecule has 0 unspecified atom stereocenters. The monoisotopic (exact) mass is 329 g/mol. The second kappa shape index (κ2) is 5.13. The summed E-state index contributed by atoms with van der Waals surface area (Å²) in [5.74, 6) is 0.336. The summed E-state index contributed by atoms with van der Waals surface area (Å²) in [6, 6.07) is 0. The molecule has 3 aromatic heterocycles. The van der Waals surface area contributed by atoms with E-state index in [2.05, 4.69) is 20.0 Å². The van der Waals surface area contributed by atoms with Crippen LogP contribution in [0.5, 0.6) is 0 Å². The van der Waals surface area contributed by atoms with Gasteiger partial charge in [0.2, 0.25) is 0 Å². The van der Waals surface area contributed by atoms with E-state index in [0.29, 0.717) is 16.5 Å². The zero-order valence-corrected chi connectivity index (χ0v) is 12.8. The molecule has 0 aliphatic carbocycles. The van der Waals surface area contributed by atoms with Crippen LogP contribution in [0.25, 0.3) is 4.96 Å². The van der Waals surface area contributed by atoms with Crippen LogP contribution < -0.4 is 10.0 Å². The van der Waals surface area contributed by atoms with Crippen molar-refractivity contribution in [1.82, 2.24) is 19.1 Å². The Morgan fingerprint density at radius 1 is 1.45 bits per heavy atom. The Morgan fingerprint density at radius 2 is 2.30 bits per heavy atom. The fraction of sp³-hybridized carbons (Fsp3) is 0.200. The van der Waals surface area contributed by atoms with Gasteiger partial charge in [-0.2, -0.15) is 0 Å². The number of hydrogen-bond donors (Lipinski definition) is 2. The molecule has 10 heteroatoms. The highest BCUT2D eigenvalue weighted by Crippen LogP contribution is 2.25. The molecule has 0 aliphatic heterocycles. The van der Waals surface area contributed by atoms with E-state index in [9.17, 15) is 8.42 Å². The molecule has 0 aromatic carbocycles. The number of sulfonamides is 1. The molecule has 0 bridgehead atoms. The van der Waals surface area contributed by atoms with Crippen molar-refractivity contribution in [1.29, 1.82) is 0 Å². The molecule has 0 saturated carbocycles. The molecule has 2 N–H and O–H groups in total. The average molecular weight is 329 g/mol. The van der Waals surface area contributed by atoms with Crippen LogP contribution in [0.3, 0.4) is 0 Å². The highest BCUT2D eigenvalue weighted by atomic mass is 32.2. The van der Waals surface area contributed by atoms with E-state index in [1.54, 1.807) is 33.9 Å². The fourth-order valence-electron chi connectivity index (χ4n) is 1.75. The van der Waals surface area contributed by atoms with Gasteiger partial charge in [0.15, 0.2) is 15.8 Å². The quantitative estimate of drug-likeness (QED) is 0.738. The Morgan fingerprint density at radius 3 is 3.00 bits per heavy atom. The largest absolute Gasteiger partial charge is 0.371 e. The molecule has 0 atom stereocenters. The second-order valence-electron chi connectivity index (χ2n) is 3.88. The summed E-state index contributed by atoms with van der Waals surface area (Å²) >= 11 is 2.80. The lowest BCUT2D eigenvalue weighted by Gasteiger charge is -2.06. The molecule has 0 saturated heterocycles. The number of hydrogen-bond acceptors (Lipinski definition) is 7. The standard InChI is InChI=1S/C10H11N5O2S3/c1-11-8-9(15-2-3-19-10(15)14-8)20(16,17)13-4-7-5-18-6-12-7/h2-3,5-6,11,13H,4H2,1H3. The maximum atomic E-state index is 12.4. The van der Waals surface area contributed by atoms with Crippen LogP contribution in [0.1, 0.15) is 5.69 Å². The molecule has 3 rings (SSSR count). The fourth-order valence-corrected chi connectivity index (χ4v) is 4.36. The average Bonchev–Trinajstić information content (AvgIpc) is 3.11. The van der Waals surface area contributed by atoms with E-state index in [4.69, 9.17) is 0 Å². The maximum absolute atomic E-state index is 12.4. The first-order valence-corrected chi connectivity index (χ1v) is 8.92. The van der Waals surface area contributed by atoms with Crippen LogP contribution in [-0.4, -0.2) is 29.8 Å². The number of rotatable bonds is 5. The Balaban J connectivity index is 1.97. The Labute approximate surface area is 123 Å². The third-order valence-electron chi connectivity index (χ3n) is 2.64. The zero-order valence-electron chi connectivity index (χ0n) is 10.4. The van der Waals surface area contributed by atoms with Gasteiger partial charge >= 0.3 is 0 Å². The van der Waals surface area contributed by atoms with Crippen LogP contribution >= 0.6 is 22.7 Å². The van der Waals surface area contributed by atoms with Gasteiger partial charge in [0.1, 0.15) is 0 Å². The Bertz CT molecular complexity index is 818. The number of nitrogens with one attached hydrogen (secondary N) is 2. The van der Waals surface area contributed by atoms with Crippen LogP contribution in [0, 0.1) is 0 Å². The first-order valence-electron chi connectivity index (χ1n) is 5.62. The SMILES string of the molecule is CNc1nc2sccn2c1S(=O)(=O)NCc1cscn1. The normalized spacial score (nSPS) is 12.1. The lowest BCUT2D eigenvalue weighted by Crippen LogP contribution is -2.25. The molecule has 7 nitrogen and oxygen atoms in total. The van der Waals surface area contributed by atoms with Crippen molar-refractivity contribution in [3.05, 3.63) is 28.2 Å². The van der Waals surface area contributed by atoms with Crippen molar-refractivity contribution in [2.45, 2.75) is 11.6 Å². The van der Waals surface area contributed by atoms with E-state index in [-0.39, 0.29) is 11.6 Å². The van der Waals surface area contributed by atoms with Gasteiger partial charge in [0, 0.05) is 24.0 Å². The minimum absolute atomic E-state index is 0.117. The van der Waals surface area contributed by atoms with Crippen LogP contribution in [-0.2, 0) is 16.6 Å². The molecule has 20 heavy (non-hydrogen) atoms. The molecule has 106 valence electrons. The molecule has 0 amide bonds. The molecule has 0 spiro atoms. The van der Waals surface area contributed by atoms with Crippen LogP contribution in [0.2, 0.25) is 0 Å². The van der Waals surface area contributed by atoms with Crippen molar-refractivity contribution < 1.29 is 8.42 Å². The summed E-state index contributed by atoms with van der Waals surface area (Å²) in [5, 5.41) is 6.53. The predicted octanol–water partition coefficient (Wildman–Crippen LogP) is 1.37. The summed E-state index contributed by atoms with van der Waals surface area (Å²) in [6.45, 7) is 0.159. The maximum Gasteiger partial charge on any atom is 0.260 e. The molecular weight excluding hydrogens is 318 g/mol. The third kappa shape index (κ3) is 2.30. The first-order chi connectivity index (χ1) is 9.62. The minimum atomic E-state index is -3.67. The van der Waals surface area contributed by atoms with Gasteiger partial charge in [-0.05, 0) is 0 Å². The van der Waals surface area contributed by atoms with Crippen molar-refractivity contribution >= 4 is 43.5 Å². The van der Waals surface area contributed by atoms with Crippen LogP contribution in [0.15, 0.2) is 27.5 Å². The van der Waals surface area contributed by atoms with Gasteiger partial charge in [-0.1, -0.05) is 0 Å². The summed E-state index contributed by atoms with van der Waals surface area (Å²) in [5.41, 5.74) is 2.36. The van der Waals surface area contributed by atoms with Crippen molar-refractivity contribution in [2.75, 3.05) is 12.4 Å². The predicted molar refractivity (Wildman–Crippen MR) is 78.8 cm³/mol. The number of nitrogens with zero attached hydrogens (tertiary/aromatic N) is 3. The summed E-state index contributed by atoms with van der Waals surface area (Å²) < 4.78 is 29.0. The summed E-state index contributed by atoms with van der Waals surface area (Å²) in [7, 11) is -2.03. The molecule has 3 heterocycles. The zero-order chi connectivity index (χ0) is 14.2. The van der Waals surface area contributed by atoms with E-state index in [0.717, 1.165) is 0 Å². The number of imidazole rings is 1. The van der Waals surface area contributed by atoms with Gasteiger partial charge in [0.25, 0.3) is 10.0 Å². The molecule has 0 aliphatic rings. The topological polar surface area (TPSA) is 88.4 Å². The number of thiazole rings is 2. The van der Waals surface area contributed by atoms with Crippen LogP contribution in [0.4, 0.5) is 5.82 Å². The minimum Gasteiger partial charge on any atom is -0.371 e. The molecule has 0 fully saturated rings. The third-order valence-corrected chi connectivity index (χ3v) is 5.45. The number of fused-ring (bicyclic) bond motifs is 1. The van der Waals surface area contributed by atoms with E-state index in [1.807, 2.05) is 0 Å². The Kier molecular flexibility index (Phi) is 3.46. The van der Waals surface area contributed by atoms with Crippen molar-refractivity contribution in [3.8, 4) is 0 Å². The van der Waals surface area contributed by atoms with Crippen molar-refractivity contribution in [3.63, 3.8) is 0 Å². The lowest BCUT2D eigenvalue weighted by atomic mass is 10.5. The second-order valence-corrected chi connectivity index (χ2v) is 7.15. The number of anilines is 1. The van der Waals surface area contributed by atoms with Gasteiger partial charge in [0.05, 0.1) is 17.7 Å². The van der Waals surface area contributed by atoms with Gasteiger partial charge in [-0.3, -0.25) is 4.40 Å². The lowest BCUT2D eigenvalue weighted by molar-refractivity contribution is 0.576. The molecular formula is C10H11N5O2S3. The van der Waals surface area contributed by atoms with E-state index < -0.39 is 10.0 Å². The molecule has 3 aromatic rings. The molecule has 0 radical (unpaired) electrons. The highest BCUT2D eigenvalue weighted by Gasteiger charge is 2.25. The summed E-state index contributed by atoms with van der Waals surface area (Å²) in [6.07, 6.45) is 1.69. The van der Waals surface area contributed by atoms with Gasteiger partial charge in [-0.15, -0.1) is 22.7 Å². The smallest absolute Gasteiger partial charge is 0.260 e. The van der Waals surface area contributed by atoms with Gasteiger partial charge in [-0.25, -0.2) is 23.1 Å². The Hall–Kier alpha value is -1.49. The van der Waals surface area contributed by atoms with Crippen molar-refractivity contribution in [2.24, 2.45) is 0 Å². The van der Waals surface area contributed by atoms with E-state index >= 15 is 0 Å². The van der Waals surface area contributed by atoms with Gasteiger partial charge < -0.3 is 5.32 Å². The highest BCUT2D eigenvalue weighted by molar-refractivity contribution is 7.89. The first kappa shape index (κ1) is 13.5. The number of aromatic nitrogens is 3. The van der Waals surface area contributed by atoms with E-state index in [1.165, 1.54) is 22.7 Å².